The van der Waals surface area contributed by atoms with Crippen molar-refractivity contribution in [1.29, 1.82) is 5.26 Å². The van der Waals surface area contributed by atoms with Gasteiger partial charge in [0.25, 0.3) is 0 Å². The number of aromatic nitrogens is 1. The molecule has 1 aliphatic rings. The molecule has 1 saturated heterocycles. The van der Waals surface area contributed by atoms with Crippen molar-refractivity contribution in [3.05, 3.63) is 35.9 Å². The van der Waals surface area contributed by atoms with Crippen LogP contribution in [0.4, 0.5) is 5.82 Å². The van der Waals surface area contributed by atoms with Gasteiger partial charge in [-0.1, -0.05) is 32.0 Å². The van der Waals surface area contributed by atoms with Gasteiger partial charge in [0.05, 0.1) is 17.1 Å². The van der Waals surface area contributed by atoms with Crippen LogP contribution in [0.5, 0.6) is 0 Å². The highest BCUT2D eigenvalue weighted by Crippen LogP contribution is 2.32. The fourth-order valence-electron chi connectivity index (χ4n) is 3.03. The second-order valence-electron chi connectivity index (χ2n) is 6.35. The van der Waals surface area contributed by atoms with Crippen molar-refractivity contribution < 1.29 is 0 Å². The molecule has 3 rings (SSSR count). The second kappa shape index (κ2) is 4.79. The van der Waals surface area contributed by atoms with Crippen LogP contribution in [0.2, 0.25) is 0 Å². The monoisotopic (exact) mass is 265 g/mol. The number of para-hydroxylation sites is 1. The lowest BCUT2D eigenvalue weighted by Gasteiger charge is -2.38. The van der Waals surface area contributed by atoms with E-state index in [4.69, 9.17) is 4.98 Å². The molecule has 0 atom stereocenters. The number of nitrogens with zero attached hydrogens (tertiary/aromatic N) is 3. The average Bonchev–Trinajstić information content (AvgIpc) is 2.45. The third-order valence-electron chi connectivity index (χ3n) is 4.05. The number of piperidine rings is 1. The van der Waals surface area contributed by atoms with Gasteiger partial charge in [-0.25, -0.2) is 4.98 Å². The first-order chi connectivity index (χ1) is 9.59. The summed E-state index contributed by atoms with van der Waals surface area (Å²) in [5, 5.41) is 10.3. The number of pyridine rings is 1. The zero-order valence-electron chi connectivity index (χ0n) is 12.1. The van der Waals surface area contributed by atoms with Crippen molar-refractivity contribution in [2.45, 2.75) is 26.7 Å². The Bertz CT molecular complexity index is 682. The van der Waals surface area contributed by atoms with E-state index in [1.54, 1.807) is 0 Å². The van der Waals surface area contributed by atoms with E-state index in [2.05, 4.69) is 24.8 Å². The topological polar surface area (TPSA) is 39.9 Å². The molecule has 2 heterocycles. The predicted octanol–water partition coefficient (Wildman–Crippen LogP) is 3.73. The van der Waals surface area contributed by atoms with Crippen LogP contribution in [-0.4, -0.2) is 18.1 Å². The molecule has 1 aromatic carbocycles. The Morgan fingerprint density at radius 3 is 2.85 bits per heavy atom. The highest BCUT2D eigenvalue weighted by molar-refractivity contribution is 5.86. The molecule has 0 aliphatic carbocycles. The van der Waals surface area contributed by atoms with Gasteiger partial charge < -0.3 is 4.90 Å². The molecular formula is C17H19N3. The Balaban J connectivity index is 2.06. The van der Waals surface area contributed by atoms with Gasteiger partial charge in [0, 0.05) is 18.5 Å². The summed E-state index contributed by atoms with van der Waals surface area (Å²) in [6.45, 7) is 6.62. The summed E-state index contributed by atoms with van der Waals surface area (Å²) in [5.74, 6) is 0.938. The molecule has 3 heteroatoms. The molecule has 0 unspecified atom stereocenters. The van der Waals surface area contributed by atoms with Gasteiger partial charge >= 0.3 is 0 Å². The minimum atomic E-state index is 0.318. The second-order valence-corrected chi connectivity index (χ2v) is 6.35. The molecule has 102 valence electrons. The molecule has 0 bridgehead atoms. The van der Waals surface area contributed by atoms with E-state index < -0.39 is 0 Å². The van der Waals surface area contributed by atoms with E-state index in [1.165, 1.54) is 12.8 Å². The number of rotatable bonds is 1. The number of anilines is 1. The van der Waals surface area contributed by atoms with Crippen molar-refractivity contribution >= 4 is 16.7 Å². The van der Waals surface area contributed by atoms with Gasteiger partial charge in [-0.15, -0.1) is 0 Å². The standard InChI is InChI=1S/C17H19N3/c1-17(2)8-5-9-20(12-17)16-10-13(11-18)14-6-3-4-7-15(14)19-16/h3-4,6-7,10H,5,8-9,12H2,1-2H3. The van der Waals surface area contributed by atoms with Gasteiger partial charge in [-0.05, 0) is 30.4 Å². The first kappa shape index (κ1) is 12.9. The normalized spacial score (nSPS) is 17.9. The van der Waals surface area contributed by atoms with E-state index in [9.17, 15) is 5.26 Å². The minimum absolute atomic E-state index is 0.318. The van der Waals surface area contributed by atoms with Gasteiger partial charge in [0.15, 0.2) is 0 Å². The van der Waals surface area contributed by atoms with E-state index in [1.807, 2.05) is 30.3 Å². The van der Waals surface area contributed by atoms with E-state index in [0.717, 1.165) is 29.8 Å². The maximum Gasteiger partial charge on any atom is 0.130 e. The van der Waals surface area contributed by atoms with Gasteiger partial charge in [0.1, 0.15) is 5.82 Å². The smallest absolute Gasteiger partial charge is 0.130 e. The Morgan fingerprint density at radius 1 is 1.30 bits per heavy atom. The van der Waals surface area contributed by atoms with E-state index in [0.29, 0.717) is 11.0 Å². The number of nitriles is 1. The number of hydrogen-bond donors (Lipinski definition) is 0. The molecule has 3 nitrogen and oxygen atoms in total. The Kier molecular flexibility index (Phi) is 3.10. The van der Waals surface area contributed by atoms with Gasteiger partial charge in [-0.3, -0.25) is 0 Å². The molecule has 1 aromatic heterocycles. The Labute approximate surface area is 119 Å². The zero-order chi connectivity index (χ0) is 14.2. The van der Waals surface area contributed by atoms with Crippen molar-refractivity contribution in [3.63, 3.8) is 0 Å². The van der Waals surface area contributed by atoms with E-state index >= 15 is 0 Å². The first-order valence-electron chi connectivity index (χ1n) is 7.14. The average molecular weight is 265 g/mol. The van der Waals surface area contributed by atoms with Crippen LogP contribution in [0.1, 0.15) is 32.3 Å². The van der Waals surface area contributed by atoms with Crippen LogP contribution in [0.25, 0.3) is 10.9 Å². The Hall–Kier alpha value is -2.08. The molecule has 20 heavy (non-hydrogen) atoms. The summed E-state index contributed by atoms with van der Waals surface area (Å²) >= 11 is 0. The van der Waals surface area contributed by atoms with Crippen molar-refractivity contribution in [3.8, 4) is 6.07 Å². The largest absolute Gasteiger partial charge is 0.356 e. The fourth-order valence-corrected chi connectivity index (χ4v) is 3.03. The zero-order valence-corrected chi connectivity index (χ0v) is 12.1. The summed E-state index contributed by atoms with van der Waals surface area (Å²) in [6, 6.07) is 12.1. The molecular weight excluding hydrogens is 246 g/mol. The summed E-state index contributed by atoms with van der Waals surface area (Å²) in [5.41, 5.74) is 1.94. The van der Waals surface area contributed by atoms with Crippen LogP contribution in [-0.2, 0) is 0 Å². The van der Waals surface area contributed by atoms with Gasteiger partial charge in [0.2, 0.25) is 0 Å². The SMILES string of the molecule is CC1(C)CCCN(c2cc(C#N)c3ccccc3n2)C1. The lowest BCUT2D eigenvalue weighted by atomic mass is 9.84. The number of benzene rings is 1. The highest BCUT2D eigenvalue weighted by Gasteiger charge is 2.27. The molecule has 0 spiro atoms. The maximum atomic E-state index is 9.36. The Morgan fingerprint density at radius 2 is 2.10 bits per heavy atom. The lowest BCUT2D eigenvalue weighted by Crippen LogP contribution is -2.40. The molecule has 2 aromatic rings. The third-order valence-corrected chi connectivity index (χ3v) is 4.05. The minimum Gasteiger partial charge on any atom is -0.356 e. The van der Waals surface area contributed by atoms with Crippen molar-refractivity contribution in [2.24, 2.45) is 5.41 Å². The maximum absolute atomic E-state index is 9.36. The summed E-state index contributed by atoms with van der Waals surface area (Å²) in [6.07, 6.45) is 2.44. The fraction of sp³-hybridized carbons (Fsp3) is 0.412. The van der Waals surface area contributed by atoms with Crippen molar-refractivity contribution in [1.82, 2.24) is 4.98 Å². The number of fused-ring (bicyclic) bond motifs is 1. The molecule has 0 radical (unpaired) electrons. The molecule has 0 saturated carbocycles. The van der Waals surface area contributed by atoms with E-state index in [-0.39, 0.29) is 0 Å². The summed E-state index contributed by atoms with van der Waals surface area (Å²) in [7, 11) is 0. The first-order valence-corrected chi connectivity index (χ1v) is 7.14. The van der Waals surface area contributed by atoms with Crippen LogP contribution in [0.3, 0.4) is 0 Å². The quantitative estimate of drug-likeness (QED) is 0.788. The number of hydrogen-bond acceptors (Lipinski definition) is 3. The predicted molar refractivity (Wildman–Crippen MR) is 81.7 cm³/mol. The van der Waals surface area contributed by atoms with Gasteiger partial charge in [-0.2, -0.15) is 5.26 Å². The lowest BCUT2D eigenvalue weighted by molar-refractivity contribution is 0.292. The molecule has 1 fully saturated rings. The molecule has 0 N–H and O–H groups in total. The summed E-state index contributed by atoms with van der Waals surface area (Å²) in [4.78, 5) is 7.06. The van der Waals surface area contributed by atoms with Crippen LogP contribution in [0, 0.1) is 16.7 Å². The third kappa shape index (κ3) is 2.34. The van der Waals surface area contributed by atoms with Crippen LogP contribution in [0.15, 0.2) is 30.3 Å². The highest BCUT2D eigenvalue weighted by atomic mass is 15.2. The van der Waals surface area contributed by atoms with Crippen molar-refractivity contribution in [2.75, 3.05) is 18.0 Å². The van der Waals surface area contributed by atoms with Crippen LogP contribution < -0.4 is 4.90 Å². The summed E-state index contributed by atoms with van der Waals surface area (Å²) < 4.78 is 0. The molecule has 1 aliphatic heterocycles. The van der Waals surface area contributed by atoms with Crippen LogP contribution >= 0.6 is 0 Å². The molecule has 0 amide bonds.